The second-order valence-corrected chi connectivity index (χ2v) is 7.97. The molecule has 0 N–H and O–H groups in total. The monoisotopic (exact) mass is 502 g/mol. The Balaban J connectivity index is 1.82. The van der Waals surface area contributed by atoms with Gasteiger partial charge in [0.1, 0.15) is 12.4 Å². The Morgan fingerprint density at radius 1 is 0.824 bits per heavy atom. The predicted octanol–water partition coefficient (Wildman–Crippen LogP) is 6.99. The number of aromatic nitrogens is 2. The van der Waals surface area contributed by atoms with Crippen molar-refractivity contribution in [3.8, 4) is 40.0 Å². The van der Waals surface area contributed by atoms with E-state index in [4.69, 9.17) is 37.4 Å². The Hall–Kier alpha value is -3.42. The Labute approximate surface area is 204 Å². The van der Waals surface area contributed by atoms with Crippen molar-refractivity contribution < 1.29 is 23.0 Å². The molecule has 1 heterocycles. The van der Waals surface area contributed by atoms with E-state index in [1.165, 1.54) is 13.2 Å². The number of hydrogen-bond acceptors (Lipinski definition) is 5. The fourth-order valence-electron chi connectivity index (χ4n) is 3.30. The molecule has 4 rings (SSSR count). The number of hydrogen-bond donors (Lipinski definition) is 0. The van der Waals surface area contributed by atoms with Crippen LogP contribution in [-0.2, 0) is 6.61 Å². The normalized spacial score (nSPS) is 10.8. The van der Waals surface area contributed by atoms with Crippen LogP contribution in [0.5, 0.6) is 17.6 Å². The molecule has 5 nitrogen and oxygen atoms in total. The molecule has 9 heteroatoms. The molecule has 4 aromatic rings. The molecule has 0 bridgehead atoms. The first kappa shape index (κ1) is 23.7. The van der Waals surface area contributed by atoms with Crippen LogP contribution in [0.4, 0.5) is 8.78 Å². The SMILES string of the molecule is COc1ccc(-c2c(OC)nc(OCc3ccc(F)c(F)c3)nc2-c2ccc(Cl)cc2Cl)cc1. The molecule has 0 fully saturated rings. The van der Waals surface area contributed by atoms with Crippen molar-refractivity contribution in [2.24, 2.45) is 0 Å². The molecule has 1 aromatic heterocycles. The lowest BCUT2D eigenvalue weighted by molar-refractivity contribution is 0.274. The van der Waals surface area contributed by atoms with Crippen LogP contribution in [0.25, 0.3) is 22.4 Å². The molecule has 0 aliphatic heterocycles. The maximum atomic E-state index is 13.6. The van der Waals surface area contributed by atoms with Gasteiger partial charge in [0.15, 0.2) is 11.6 Å². The first-order chi connectivity index (χ1) is 16.4. The summed E-state index contributed by atoms with van der Waals surface area (Å²) in [6, 6.07) is 15.8. The van der Waals surface area contributed by atoms with Crippen molar-refractivity contribution in [2.45, 2.75) is 6.61 Å². The van der Waals surface area contributed by atoms with E-state index in [2.05, 4.69) is 9.97 Å². The van der Waals surface area contributed by atoms with E-state index in [1.54, 1.807) is 37.4 Å². The summed E-state index contributed by atoms with van der Waals surface area (Å²) in [5.74, 6) is -0.990. The summed E-state index contributed by atoms with van der Waals surface area (Å²) in [5, 5.41) is 0.838. The van der Waals surface area contributed by atoms with Gasteiger partial charge < -0.3 is 14.2 Å². The molecule has 0 aliphatic rings. The van der Waals surface area contributed by atoms with E-state index in [0.717, 1.165) is 17.7 Å². The lowest BCUT2D eigenvalue weighted by atomic mass is 10.00. The first-order valence-electron chi connectivity index (χ1n) is 10.0. The second kappa shape index (κ2) is 10.2. The molecule has 174 valence electrons. The average Bonchev–Trinajstić information content (AvgIpc) is 2.84. The second-order valence-electron chi connectivity index (χ2n) is 7.13. The molecular formula is C25H18Cl2F2N2O3. The highest BCUT2D eigenvalue weighted by Gasteiger charge is 2.21. The van der Waals surface area contributed by atoms with E-state index >= 15 is 0 Å². The predicted molar refractivity (Wildman–Crippen MR) is 127 cm³/mol. The molecule has 0 saturated heterocycles. The molecule has 0 unspecified atom stereocenters. The molecule has 0 aliphatic carbocycles. The van der Waals surface area contributed by atoms with Gasteiger partial charge in [-0.3, -0.25) is 0 Å². The minimum atomic E-state index is -0.969. The van der Waals surface area contributed by atoms with Crippen LogP contribution in [0.2, 0.25) is 10.0 Å². The lowest BCUT2D eigenvalue weighted by Gasteiger charge is -2.16. The van der Waals surface area contributed by atoms with E-state index in [9.17, 15) is 8.78 Å². The van der Waals surface area contributed by atoms with Crippen LogP contribution in [0.1, 0.15) is 5.56 Å². The van der Waals surface area contributed by atoms with Crippen molar-refractivity contribution in [3.63, 3.8) is 0 Å². The summed E-state index contributed by atoms with van der Waals surface area (Å²) >= 11 is 12.6. The maximum absolute atomic E-state index is 13.6. The molecule has 0 amide bonds. The van der Waals surface area contributed by atoms with Gasteiger partial charge in [-0.2, -0.15) is 9.97 Å². The van der Waals surface area contributed by atoms with Crippen LogP contribution >= 0.6 is 23.2 Å². The summed E-state index contributed by atoms with van der Waals surface area (Å²) in [7, 11) is 3.05. The van der Waals surface area contributed by atoms with Crippen LogP contribution in [0.3, 0.4) is 0 Å². The van der Waals surface area contributed by atoms with Gasteiger partial charge in [0.2, 0.25) is 5.88 Å². The zero-order valence-corrected chi connectivity index (χ0v) is 19.6. The Bertz CT molecular complexity index is 1330. The molecule has 0 saturated carbocycles. The lowest BCUT2D eigenvalue weighted by Crippen LogP contribution is -2.05. The molecule has 3 aromatic carbocycles. The van der Waals surface area contributed by atoms with Gasteiger partial charge in [0, 0.05) is 10.6 Å². The van der Waals surface area contributed by atoms with Gasteiger partial charge in [-0.25, -0.2) is 8.78 Å². The topological polar surface area (TPSA) is 53.5 Å². The van der Waals surface area contributed by atoms with Crippen molar-refractivity contribution >= 4 is 23.2 Å². The van der Waals surface area contributed by atoms with Gasteiger partial charge in [-0.15, -0.1) is 0 Å². The van der Waals surface area contributed by atoms with E-state index in [0.29, 0.717) is 38.2 Å². The van der Waals surface area contributed by atoms with Crippen LogP contribution < -0.4 is 14.2 Å². The van der Waals surface area contributed by atoms with Gasteiger partial charge in [-0.05, 0) is 53.6 Å². The Morgan fingerprint density at radius 3 is 2.24 bits per heavy atom. The smallest absolute Gasteiger partial charge is 0.320 e. The highest BCUT2D eigenvalue weighted by atomic mass is 35.5. The number of ether oxygens (including phenoxy) is 3. The third kappa shape index (κ3) is 5.05. The number of halogens is 4. The largest absolute Gasteiger partial charge is 0.497 e. The molecule has 0 spiro atoms. The van der Waals surface area contributed by atoms with Crippen molar-refractivity contribution in [1.82, 2.24) is 9.97 Å². The fraction of sp³-hybridized carbons (Fsp3) is 0.120. The number of benzene rings is 3. The van der Waals surface area contributed by atoms with Gasteiger partial charge in [-0.1, -0.05) is 41.4 Å². The number of nitrogens with zero attached hydrogens (tertiary/aromatic N) is 2. The van der Waals surface area contributed by atoms with Crippen LogP contribution in [0, 0.1) is 11.6 Å². The first-order valence-corrected chi connectivity index (χ1v) is 10.8. The summed E-state index contributed by atoms with van der Waals surface area (Å²) in [4.78, 5) is 8.95. The highest BCUT2D eigenvalue weighted by molar-refractivity contribution is 6.36. The van der Waals surface area contributed by atoms with E-state index in [1.807, 2.05) is 12.1 Å². The van der Waals surface area contributed by atoms with Gasteiger partial charge in [0.05, 0.1) is 30.5 Å². The van der Waals surface area contributed by atoms with Crippen molar-refractivity contribution in [3.05, 3.63) is 87.9 Å². The minimum absolute atomic E-state index is 0.0279. The summed E-state index contributed by atoms with van der Waals surface area (Å²) in [5.41, 5.74) is 2.77. The van der Waals surface area contributed by atoms with Crippen molar-refractivity contribution in [2.75, 3.05) is 14.2 Å². The van der Waals surface area contributed by atoms with E-state index < -0.39 is 11.6 Å². The number of methoxy groups -OCH3 is 2. The molecule has 0 atom stereocenters. The Morgan fingerprint density at radius 2 is 1.59 bits per heavy atom. The average molecular weight is 503 g/mol. The zero-order valence-electron chi connectivity index (χ0n) is 18.1. The highest BCUT2D eigenvalue weighted by Crippen LogP contribution is 2.41. The van der Waals surface area contributed by atoms with Crippen LogP contribution in [0.15, 0.2) is 60.7 Å². The van der Waals surface area contributed by atoms with E-state index in [-0.39, 0.29) is 18.5 Å². The third-order valence-corrected chi connectivity index (χ3v) is 5.51. The molecule has 0 radical (unpaired) electrons. The fourth-order valence-corrected chi connectivity index (χ4v) is 3.80. The summed E-state index contributed by atoms with van der Waals surface area (Å²) < 4.78 is 43.3. The quantitative estimate of drug-likeness (QED) is 0.272. The molecular weight excluding hydrogens is 485 g/mol. The van der Waals surface area contributed by atoms with Gasteiger partial charge in [0.25, 0.3) is 0 Å². The minimum Gasteiger partial charge on any atom is -0.497 e. The maximum Gasteiger partial charge on any atom is 0.320 e. The van der Waals surface area contributed by atoms with Crippen LogP contribution in [-0.4, -0.2) is 24.2 Å². The third-order valence-electron chi connectivity index (χ3n) is 4.97. The summed E-state index contributed by atoms with van der Waals surface area (Å²) in [6.45, 7) is -0.0873. The zero-order chi connectivity index (χ0) is 24.2. The number of rotatable bonds is 7. The standard InChI is InChI=1S/C25H18Cl2F2N2O3/c1-32-17-7-4-15(5-8-17)22-23(18-9-6-16(26)12-19(18)27)30-25(31-24(22)33-2)34-13-14-3-10-20(28)21(29)11-14/h3-12H,13H2,1-2H3. The van der Waals surface area contributed by atoms with Crippen molar-refractivity contribution in [1.29, 1.82) is 0 Å². The van der Waals surface area contributed by atoms with Gasteiger partial charge >= 0.3 is 6.01 Å². The summed E-state index contributed by atoms with van der Waals surface area (Å²) in [6.07, 6.45) is 0. The molecule has 34 heavy (non-hydrogen) atoms. The Kier molecular flexibility index (Phi) is 7.14.